The van der Waals surface area contributed by atoms with Crippen LogP contribution in [0.2, 0.25) is 0 Å². The van der Waals surface area contributed by atoms with E-state index in [-0.39, 0.29) is 0 Å². The van der Waals surface area contributed by atoms with E-state index < -0.39 is 0 Å². The molecule has 1 saturated carbocycles. The van der Waals surface area contributed by atoms with Crippen molar-refractivity contribution in [1.82, 2.24) is 4.68 Å². The number of methoxy groups -OCH3 is 1. The quantitative estimate of drug-likeness (QED) is 0.766. The maximum absolute atomic E-state index is 5.11. The lowest BCUT2D eigenvalue weighted by Gasteiger charge is -2.13. The number of benzene rings is 1. The van der Waals surface area contributed by atoms with Crippen LogP contribution in [-0.2, 0) is 4.74 Å². The smallest absolute Gasteiger partial charge is 0.206 e. The molecule has 3 rings (SSSR count). The molecular weight excluding hydrogens is 306 g/mol. The molecule has 1 fully saturated rings. The molecule has 2 aromatic rings. The molecule has 0 aliphatic heterocycles. The second-order valence-electron chi connectivity index (χ2n) is 5.68. The Kier molecular flexibility index (Phi) is 5.77. The van der Waals surface area contributed by atoms with Crippen molar-refractivity contribution in [1.29, 1.82) is 0 Å². The highest BCUT2D eigenvalue weighted by Crippen LogP contribution is 2.21. The fraction of sp³-hybridized carbons (Fsp3) is 0.444. The molecule has 0 spiro atoms. The first-order valence-corrected chi connectivity index (χ1v) is 9.08. The molecular formula is C18H23N3OS. The molecule has 5 heteroatoms. The van der Waals surface area contributed by atoms with E-state index in [1.807, 2.05) is 10.7 Å². The lowest BCUT2D eigenvalue weighted by molar-refractivity contribution is 0.207. The summed E-state index contributed by atoms with van der Waals surface area (Å²) < 4.78 is 7.13. The zero-order valence-electron chi connectivity index (χ0n) is 13.6. The van der Waals surface area contributed by atoms with Crippen molar-refractivity contribution >= 4 is 17.0 Å². The molecule has 1 heterocycles. The fourth-order valence-corrected chi connectivity index (χ4v) is 3.60. The average Bonchev–Trinajstić information content (AvgIpc) is 3.00. The standard InChI is InChI=1S/C18H23N3OS/c1-22-13-12-19-18-21(20-16-10-6-3-7-11-16)17(14-23-18)15-8-4-2-5-9-15/h2,4-5,8-9,14H,3,6-7,10-13H2,1H3. The number of rotatable bonds is 5. The normalized spacial score (nSPS) is 15.9. The van der Waals surface area contributed by atoms with Gasteiger partial charge in [-0.15, -0.1) is 11.3 Å². The highest BCUT2D eigenvalue weighted by atomic mass is 32.1. The van der Waals surface area contributed by atoms with Gasteiger partial charge in [0.1, 0.15) is 0 Å². The Balaban J connectivity index is 2.01. The van der Waals surface area contributed by atoms with Crippen LogP contribution in [0.4, 0.5) is 0 Å². The van der Waals surface area contributed by atoms with Gasteiger partial charge in [-0.25, -0.2) is 4.68 Å². The summed E-state index contributed by atoms with van der Waals surface area (Å²) in [5, 5.41) is 7.09. The second kappa shape index (κ2) is 8.22. The van der Waals surface area contributed by atoms with Crippen LogP contribution in [-0.4, -0.2) is 30.6 Å². The van der Waals surface area contributed by atoms with Gasteiger partial charge in [0.15, 0.2) is 0 Å². The minimum Gasteiger partial charge on any atom is -0.383 e. The van der Waals surface area contributed by atoms with Crippen molar-refractivity contribution in [2.45, 2.75) is 32.1 Å². The first kappa shape index (κ1) is 16.1. The number of hydrogen-bond donors (Lipinski definition) is 0. The summed E-state index contributed by atoms with van der Waals surface area (Å²) in [5.74, 6) is 0. The Labute approximate surface area is 141 Å². The zero-order valence-corrected chi connectivity index (χ0v) is 14.4. The Morgan fingerprint density at radius 2 is 1.91 bits per heavy atom. The molecule has 0 bridgehead atoms. The Morgan fingerprint density at radius 3 is 2.65 bits per heavy atom. The molecule has 1 aromatic heterocycles. The molecule has 0 atom stereocenters. The molecule has 122 valence electrons. The van der Waals surface area contributed by atoms with Crippen LogP contribution in [0.3, 0.4) is 0 Å². The van der Waals surface area contributed by atoms with Gasteiger partial charge < -0.3 is 4.74 Å². The molecule has 4 nitrogen and oxygen atoms in total. The predicted octanol–water partition coefficient (Wildman–Crippen LogP) is 3.93. The molecule has 1 aromatic carbocycles. The van der Waals surface area contributed by atoms with Crippen LogP contribution in [0, 0.1) is 0 Å². The van der Waals surface area contributed by atoms with Crippen molar-refractivity contribution < 1.29 is 4.74 Å². The molecule has 0 saturated heterocycles. The molecule has 0 N–H and O–H groups in total. The maximum atomic E-state index is 5.11. The van der Waals surface area contributed by atoms with E-state index in [0.717, 1.165) is 23.3 Å². The molecule has 1 aliphatic carbocycles. The highest BCUT2D eigenvalue weighted by Gasteiger charge is 2.11. The summed E-state index contributed by atoms with van der Waals surface area (Å²) in [5.41, 5.74) is 3.59. The number of aromatic nitrogens is 1. The van der Waals surface area contributed by atoms with Crippen LogP contribution < -0.4 is 4.80 Å². The molecule has 1 aliphatic rings. The molecule has 0 unspecified atom stereocenters. The average molecular weight is 329 g/mol. The van der Waals surface area contributed by atoms with Crippen molar-refractivity contribution in [3.8, 4) is 11.3 Å². The van der Waals surface area contributed by atoms with Crippen LogP contribution in [0.15, 0.2) is 45.8 Å². The first-order valence-electron chi connectivity index (χ1n) is 8.20. The Morgan fingerprint density at radius 1 is 1.13 bits per heavy atom. The minimum absolute atomic E-state index is 0.634. The summed E-state index contributed by atoms with van der Waals surface area (Å²) in [6, 6.07) is 10.4. The summed E-state index contributed by atoms with van der Waals surface area (Å²) in [6.07, 6.45) is 6.04. The van der Waals surface area contributed by atoms with Gasteiger partial charge in [0.25, 0.3) is 0 Å². The number of hydrogen-bond acceptors (Lipinski definition) is 4. The van der Waals surface area contributed by atoms with Gasteiger partial charge in [0.2, 0.25) is 4.80 Å². The van der Waals surface area contributed by atoms with Gasteiger partial charge in [0.05, 0.1) is 18.8 Å². The second-order valence-corrected chi connectivity index (χ2v) is 6.52. The zero-order chi connectivity index (χ0) is 15.9. The molecule has 0 amide bonds. The lowest BCUT2D eigenvalue weighted by atomic mass is 9.99. The van der Waals surface area contributed by atoms with Crippen molar-refractivity contribution in [2.75, 3.05) is 20.3 Å². The van der Waals surface area contributed by atoms with E-state index in [4.69, 9.17) is 9.84 Å². The van der Waals surface area contributed by atoms with E-state index in [0.29, 0.717) is 13.2 Å². The number of thiazole rings is 1. The van der Waals surface area contributed by atoms with Crippen molar-refractivity contribution in [3.63, 3.8) is 0 Å². The summed E-state index contributed by atoms with van der Waals surface area (Å²) in [6.45, 7) is 1.30. The van der Waals surface area contributed by atoms with E-state index in [9.17, 15) is 0 Å². The third kappa shape index (κ3) is 4.18. The van der Waals surface area contributed by atoms with Gasteiger partial charge in [-0.2, -0.15) is 5.10 Å². The largest absolute Gasteiger partial charge is 0.383 e. The third-order valence-corrected chi connectivity index (χ3v) is 4.82. The van der Waals surface area contributed by atoms with Crippen molar-refractivity contribution in [3.05, 3.63) is 40.5 Å². The lowest BCUT2D eigenvalue weighted by Crippen LogP contribution is -2.17. The van der Waals surface area contributed by atoms with Crippen LogP contribution >= 0.6 is 11.3 Å². The minimum atomic E-state index is 0.634. The van der Waals surface area contributed by atoms with Gasteiger partial charge in [-0.05, 0) is 25.7 Å². The summed E-state index contributed by atoms with van der Waals surface area (Å²) in [7, 11) is 1.70. The predicted molar refractivity (Wildman–Crippen MR) is 96.0 cm³/mol. The Bertz CT molecular complexity index is 707. The number of ether oxygens (including phenoxy) is 1. The van der Waals surface area contributed by atoms with Crippen LogP contribution in [0.1, 0.15) is 32.1 Å². The summed E-state index contributed by atoms with van der Waals surface area (Å²) >= 11 is 1.64. The fourth-order valence-electron chi connectivity index (χ4n) is 2.75. The number of nitrogens with zero attached hydrogens (tertiary/aromatic N) is 3. The van der Waals surface area contributed by atoms with Gasteiger partial charge in [-0.1, -0.05) is 36.8 Å². The third-order valence-electron chi connectivity index (χ3n) is 3.97. The van der Waals surface area contributed by atoms with E-state index in [1.165, 1.54) is 30.5 Å². The Hall–Kier alpha value is -1.72. The van der Waals surface area contributed by atoms with E-state index >= 15 is 0 Å². The summed E-state index contributed by atoms with van der Waals surface area (Å²) in [4.78, 5) is 5.60. The topological polar surface area (TPSA) is 38.9 Å². The van der Waals surface area contributed by atoms with Gasteiger partial charge in [0, 0.05) is 23.8 Å². The highest BCUT2D eigenvalue weighted by molar-refractivity contribution is 7.07. The first-order chi connectivity index (χ1) is 11.4. The SMILES string of the molecule is COCCN=c1scc(-c2ccccc2)n1N=C1CCCCC1. The van der Waals surface area contributed by atoms with Crippen LogP contribution in [0.5, 0.6) is 0 Å². The maximum Gasteiger partial charge on any atom is 0.206 e. The van der Waals surface area contributed by atoms with Crippen LogP contribution in [0.25, 0.3) is 11.3 Å². The monoisotopic (exact) mass is 329 g/mol. The van der Waals surface area contributed by atoms with E-state index in [1.54, 1.807) is 18.4 Å². The van der Waals surface area contributed by atoms with Gasteiger partial charge >= 0.3 is 0 Å². The van der Waals surface area contributed by atoms with Gasteiger partial charge in [-0.3, -0.25) is 4.99 Å². The molecule has 23 heavy (non-hydrogen) atoms. The van der Waals surface area contributed by atoms with E-state index in [2.05, 4.69) is 34.6 Å². The van der Waals surface area contributed by atoms with Crippen molar-refractivity contribution in [2.24, 2.45) is 10.1 Å². The molecule has 0 radical (unpaired) electrons.